The van der Waals surface area contributed by atoms with Crippen LogP contribution < -0.4 is 9.47 Å². The van der Waals surface area contributed by atoms with Gasteiger partial charge in [0.25, 0.3) is 0 Å². The molecule has 0 bridgehead atoms. The van der Waals surface area contributed by atoms with E-state index < -0.39 is 0 Å². The normalized spacial score (nSPS) is 10.3. The minimum absolute atomic E-state index is 0.435. The number of nitrogens with zero attached hydrogens (tertiary/aromatic N) is 3. The molecule has 20 heavy (non-hydrogen) atoms. The number of halogens is 1. The van der Waals surface area contributed by atoms with Gasteiger partial charge >= 0.3 is 0 Å². The maximum absolute atomic E-state index is 9.19. The summed E-state index contributed by atoms with van der Waals surface area (Å²) in [4.78, 5) is 6.03. The quantitative estimate of drug-likeness (QED) is 0.336. The first-order valence-corrected chi connectivity index (χ1v) is 6.67. The van der Waals surface area contributed by atoms with Gasteiger partial charge < -0.3 is 14.4 Å². The predicted molar refractivity (Wildman–Crippen MR) is 80.4 cm³/mol. The van der Waals surface area contributed by atoms with Gasteiger partial charge in [0.1, 0.15) is 6.07 Å². The average molecular weight is 296 g/mol. The molecule has 0 amide bonds. The predicted octanol–water partition coefficient (Wildman–Crippen LogP) is 2.80. The second-order valence-corrected chi connectivity index (χ2v) is 4.61. The summed E-state index contributed by atoms with van der Waals surface area (Å²) in [5.74, 6) is 1.60. The first-order valence-electron chi connectivity index (χ1n) is 6.14. The van der Waals surface area contributed by atoms with Crippen molar-refractivity contribution in [3.8, 4) is 17.6 Å². The molecule has 0 N–H and O–H groups in total. The summed E-state index contributed by atoms with van der Waals surface area (Å²) in [5.41, 5.74) is 0.979. The Balaban J connectivity index is 3.07. The van der Waals surface area contributed by atoms with E-state index in [0.29, 0.717) is 35.2 Å². The zero-order valence-electron chi connectivity index (χ0n) is 11.9. The molecule has 0 aliphatic carbocycles. The maximum atomic E-state index is 9.19. The molecule has 0 aliphatic heterocycles. The van der Waals surface area contributed by atoms with Crippen LogP contribution in [0.3, 0.4) is 0 Å². The fraction of sp³-hybridized carbons (Fsp3) is 0.429. The summed E-state index contributed by atoms with van der Waals surface area (Å²) in [6.45, 7) is 0.477. The number of rotatable bonds is 7. The van der Waals surface area contributed by atoms with E-state index in [9.17, 15) is 5.26 Å². The van der Waals surface area contributed by atoms with E-state index in [1.807, 2.05) is 14.1 Å². The third kappa shape index (κ3) is 4.63. The summed E-state index contributed by atoms with van der Waals surface area (Å²) in [6, 6.07) is 5.43. The van der Waals surface area contributed by atoms with E-state index in [4.69, 9.17) is 21.1 Å². The lowest BCUT2D eigenvalue weighted by Crippen LogP contribution is -2.07. The van der Waals surface area contributed by atoms with Crippen molar-refractivity contribution in [2.45, 2.75) is 6.42 Å². The highest BCUT2D eigenvalue weighted by atomic mass is 35.5. The van der Waals surface area contributed by atoms with Gasteiger partial charge in [0, 0.05) is 32.1 Å². The van der Waals surface area contributed by atoms with Crippen LogP contribution in [0.1, 0.15) is 12.0 Å². The van der Waals surface area contributed by atoms with Crippen molar-refractivity contribution in [2.75, 3.05) is 33.7 Å². The molecule has 0 aliphatic rings. The molecule has 0 radical (unpaired) electrons. The summed E-state index contributed by atoms with van der Waals surface area (Å²) in [6.07, 6.45) is 2.36. The van der Waals surface area contributed by atoms with Crippen LogP contribution in [-0.2, 0) is 0 Å². The third-order valence-electron chi connectivity index (χ3n) is 2.37. The minimum Gasteiger partial charge on any atom is -0.493 e. The molecule has 6 heteroatoms. The van der Waals surface area contributed by atoms with Gasteiger partial charge in [0.15, 0.2) is 11.5 Å². The lowest BCUT2D eigenvalue weighted by Gasteiger charge is -2.12. The largest absolute Gasteiger partial charge is 0.493 e. The van der Waals surface area contributed by atoms with Gasteiger partial charge in [-0.2, -0.15) is 5.26 Å². The molecule has 0 saturated heterocycles. The lowest BCUT2D eigenvalue weighted by atomic mass is 10.1. The maximum Gasteiger partial charge on any atom is 0.162 e. The van der Waals surface area contributed by atoms with Crippen molar-refractivity contribution >= 4 is 23.6 Å². The summed E-state index contributed by atoms with van der Waals surface area (Å²) in [7, 11) is 5.27. The minimum atomic E-state index is 0.435. The molecule has 0 heterocycles. The number of methoxy groups -OCH3 is 1. The van der Waals surface area contributed by atoms with E-state index >= 15 is 0 Å². The van der Waals surface area contributed by atoms with Crippen LogP contribution >= 0.6 is 11.6 Å². The second-order valence-electron chi connectivity index (χ2n) is 4.23. The van der Waals surface area contributed by atoms with E-state index in [0.717, 1.165) is 6.42 Å². The van der Waals surface area contributed by atoms with Crippen molar-refractivity contribution < 1.29 is 9.47 Å². The number of aliphatic imine (C=N–C) groups is 1. The van der Waals surface area contributed by atoms with Crippen LogP contribution in [-0.4, -0.2) is 44.9 Å². The molecule has 0 spiro atoms. The first-order chi connectivity index (χ1) is 9.62. The van der Waals surface area contributed by atoms with Crippen molar-refractivity contribution in [1.29, 1.82) is 5.26 Å². The van der Waals surface area contributed by atoms with Crippen LogP contribution in [0.15, 0.2) is 17.1 Å². The van der Waals surface area contributed by atoms with Crippen LogP contribution in [0.5, 0.6) is 11.5 Å². The van der Waals surface area contributed by atoms with E-state index in [1.54, 1.807) is 30.5 Å². The molecular weight excluding hydrogens is 278 g/mol. The molecule has 1 aromatic carbocycles. The molecule has 0 fully saturated rings. The number of hydrogen-bond donors (Lipinski definition) is 0. The van der Waals surface area contributed by atoms with Gasteiger partial charge in [-0.3, -0.25) is 0 Å². The summed E-state index contributed by atoms with van der Waals surface area (Å²) in [5, 5.41) is 9.19. The Morgan fingerprint density at radius 3 is 2.70 bits per heavy atom. The van der Waals surface area contributed by atoms with Crippen molar-refractivity contribution in [2.24, 2.45) is 4.99 Å². The van der Waals surface area contributed by atoms with Crippen LogP contribution in [0.25, 0.3) is 0 Å². The van der Waals surface area contributed by atoms with Crippen molar-refractivity contribution in [3.63, 3.8) is 0 Å². The fourth-order valence-electron chi connectivity index (χ4n) is 1.43. The Bertz CT molecular complexity index is 510. The molecule has 0 aromatic heterocycles. The van der Waals surface area contributed by atoms with Crippen molar-refractivity contribution in [3.05, 3.63) is 17.7 Å². The standard InChI is InChI=1S/C14H18ClN3O2/c1-18(2)10-17-12-8-13(19-3)14(7-11(12)9-16)20-6-4-5-15/h7-8,10H,4-6H2,1-3H3. The van der Waals surface area contributed by atoms with E-state index in [1.165, 1.54) is 0 Å². The molecular formula is C14H18ClN3O2. The third-order valence-corrected chi connectivity index (χ3v) is 2.63. The van der Waals surface area contributed by atoms with Gasteiger partial charge in [0.2, 0.25) is 0 Å². The van der Waals surface area contributed by atoms with E-state index in [2.05, 4.69) is 11.1 Å². The van der Waals surface area contributed by atoms with Crippen LogP contribution in [0, 0.1) is 11.3 Å². The van der Waals surface area contributed by atoms with Gasteiger partial charge in [-0.1, -0.05) is 0 Å². The zero-order chi connectivity index (χ0) is 15.0. The Labute approximate surface area is 124 Å². The van der Waals surface area contributed by atoms with Crippen molar-refractivity contribution in [1.82, 2.24) is 4.90 Å². The molecule has 5 nitrogen and oxygen atoms in total. The summed E-state index contributed by atoms with van der Waals surface area (Å²) >= 11 is 5.61. The Hall–Kier alpha value is -1.93. The smallest absolute Gasteiger partial charge is 0.162 e. The molecule has 108 valence electrons. The van der Waals surface area contributed by atoms with Gasteiger partial charge in [-0.05, 0) is 6.42 Å². The van der Waals surface area contributed by atoms with Gasteiger partial charge in [-0.15, -0.1) is 11.6 Å². The number of alkyl halides is 1. The highest BCUT2D eigenvalue weighted by molar-refractivity contribution is 6.17. The Kier molecular flexibility index (Phi) is 6.68. The van der Waals surface area contributed by atoms with Crippen LogP contribution in [0.2, 0.25) is 0 Å². The highest BCUT2D eigenvalue weighted by Crippen LogP contribution is 2.34. The fourth-order valence-corrected chi connectivity index (χ4v) is 1.54. The number of benzene rings is 1. The molecule has 1 rings (SSSR count). The van der Waals surface area contributed by atoms with Gasteiger partial charge in [0.05, 0.1) is 31.3 Å². The monoisotopic (exact) mass is 295 g/mol. The van der Waals surface area contributed by atoms with Crippen LogP contribution in [0.4, 0.5) is 5.69 Å². The zero-order valence-corrected chi connectivity index (χ0v) is 12.6. The summed E-state index contributed by atoms with van der Waals surface area (Å²) < 4.78 is 10.8. The van der Waals surface area contributed by atoms with Gasteiger partial charge in [-0.25, -0.2) is 4.99 Å². The number of ether oxygens (including phenoxy) is 2. The SMILES string of the molecule is COc1cc(N=CN(C)C)c(C#N)cc1OCCCCl. The average Bonchev–Trinajstić information content (AvgIpc) is 2.45. The molecule has 0 unspecified atom stereocenters. The second kappa shape index (κ2) is 8.28. The molecule has 0 atom stereocenters. The van der Waals surface area contributed by atoms with E-state index in [-0.39, 0.29) is 0 Å². The highest BCUT2D eigenvalue weighted by Gasteiger charge is 2.11. The molecule has 1 aromatic rings. The molecule has 0 saturated carbocycles. The Morgan fingerprint density at radius 1 is 1.40 bits per heavy atom. The lowest BCUT2D eigenvalue weighted by molar-refractivity contribution is 0.295. The Morgan fingerprint density at radius 2 is 2.15 bits per heavy atom. The topological polar surface area (TPSA) is 57.8 Å². The first kappa shape index (κ1) is 16.1. The number of hydrogen-bond acceptors (Lipinski definition) is 4. The number of nitriles is 1.